The Bertz CT molecular complexity index is 1090. The number of hydrogen-bond acceptors (Lipinski definition) is 6. The van der Waals surface area contributed by atoms with E-state index in [4.69, 9.17) is 16.7 Å². The summed E-state index contributed by atoms with van der Waals surface area (Å²) in [4.78, 5) is 35.5. The summed E-state index contributed by atoms with van der Waals surface area (Å²) in [6.07, 6.45) is 0. The molecule has 0 spiro atoms. The molecule has 2 rings (SSSR count). The lowest BCUT2D eigenvalue weighted by atomic mass is 10.1. The maximum atomic E-state index is 12.2. The molecule has 0 heterocycles. The van der Waals surface area contributed by atoms with Gasteiger partial charge in [0.2, 0.25) is 0 Å². The second kappa shape index (κ2) is 12.5. The van der Waals surface area contributed by atoms with Crippen molar-refractivity contribution >= 4 is 17.7 Å². The van der Waals surface area contributed by atoms with Crippen LogP contribution in [0.5, 0.6) is 0 Å². The van der Waals surface area contributed by atoms with Crippen LogP contribution in [-0.2, 0) is 4.79 Å². The zero-order chi connectivity index (χ0) is 23.3. The minimum absolute atomic E-state index is 0.165. The Hall–Kier alpha value is -4.15. The average molecular weight is 433 g/mol. The molecule has 0 aliphatic heterocycles. The third kappa shape index (κ3) is 7.27. The van der Waals surface area contributed by atoms with Crippen molar-refractivity contribution in [3.8, 4) is 23.7 Å². The van der Waals surface area contributed by atoms with Gasteiger partial charge in [0.05, 0.1) is 0 Å². The molecular formula is C23H23N5O4. The Morgan fingerprint density at radius 3 is 2.22 bits per heavy atom. The topological polar surface area (TPSA) is 160 Å². The molecule has 2 aromatic carbocycles. The molecule has 0 saturated heterocycles. The number of nitrogens with two attached hydrogens (primary N) is 2. The van der Waals surface area contributed by atoms with Gasteiger partial charge in [0.25, 0.3) is 17.7 Å². The lowest BCUT2D eigenvalue weighted by Gasteiger charge is -2.14. The minimum atomic E-state index is -1.05. The summed E-state index contributed by atoms with van der Waals surface area (Å²) in [7, 11) is 0. The van der Waals surface area contributed by atoms with Crippen molar-refractivity contribution in [2.75, 3.05) is 19.6 Å². The van der Waals surface area contributed by atoms with Crippen LogP contribution >= 0.6 is 0 Å². The van der Waals surface area contributed by atoms with Crippen LogP contribution in [-0.4, -0.2) is 48.6 Å². The fraction of sp³-hybridized carbons (Fsp3) is 0.174. The van der Waals surface area contributed by atoms with Crippen LogP contribution in [0.1, 0.15) is 31.8 Å². The Labute approximate surface area is 185 Å². The average Bonchev–Trinajstić information content (AvgIpc) is 2.83. The fourth-order valence-corrected chi connectivity index (χ4v) is 2.49. The van der Waals surface area contributed by atoms with E-state index in [0.29, 0.717) is 35.3 Å². The van der Waals surface area contributed by atoms with Gasteiger partial charge >= 0.3 is 0 Å². The highest BCUT2D eigenvalue weighted by molar-refractivity contribution is 5.97. The van der Waals surface area contributed by atoms with Crippen LogP contribution in [0.2, 0.25) is 0 Å². The third-order valence-corrected chi connectivity index (χ3v) is 4.15. The normalized spacial score (nSPS) is 10.5. The second-order valence-corrected chi connectivity index (χ2v) is 6.44. The van der Waals surface area contributed by atoms with E-state index in [9.17, 15) is 14.4 Å². The van der Waals surface area contributed by atoms with Crippen molar-refractivity contribution in [1.82, 2.24) is 16.1 Å². The number of rotatable bonds is 7. The fourth-order valence-electron chi connectivity index (χ4n) is 2.49. The first kappa shape index (κ1) is 24.1. The van der Waals surface area contributed by atoms with E-state index in [1.54, 1.807) is 48.5 Å². The van der Waals surface area contributed by atoms with Crippen LogP contribution in [0, 0.1) is 23.7 Å². The standard InChI is InChI=1S/C23H23N5O4/c24-12-13-26-21(29)19-7-3-6-17(14-19)5-2-1-4-16-8-10-18(11-9-16)22(30)27-20(15-25)23(31)28-32/h3,6-11,14,20,32H,12-13,15,24-25H2,(H,26,29)(H,27,30)(H,28,31)/t20-/m0/s1. The molecule has 0 fully saturated rings. The van der Waals surface area contributed by atoms with Crippen LogP contribution in [0.4, 0.5) is 0 Å². The number of carbonyl (C=O) groups excluding carboxylic acids is 3. The van der Waals surface area contributed by atoms with Gasteiger partial charge in [0, 0.05) is 41.9 Å². The molecule has 9 heteroatoms. The Balaban J connectivity index is 2.01. The highest BCUT2D eigenvalue weighted by Crippen LogP contribution is 2.05. The molecule has 0 radical (unpaired) electrons. The molecular weight excluding hydrogens is 410 g/mol. The van der Waals surface area contributed by atoms with E-state index < -0.39 is 17.9 Å². The quantitative estimate of drug-likeness (QED) is 0.193. The van der Waals surface area contributed by atoms with E-state index in [1.807, 2.05) is 0 Å². The molecule has 0 unspecified atom stereocenters. The smallest absolute Gasteiger partial charge is 0.267 e. The van der Waals surface area contributed by atoms with E-state index in [0.717, 1.165) is 0 Å². The monoisotopic (exact) mass is 433 g/mol. The molecule has 3 amide bonds. The lowest BCUT2D eigenvalue weighted by molar-refractivity contribution is -0.130. The van der Waals surface area contributed by atoms with Gasteiger partial charge in [-0.05, 0) is 54.3 Å². The maximum Gasteiger partial charge on any atom is 0.267 e. The zero-order valence-electron chi connectivity index (χ0n) is 17.1. The van der Waals surface area contributed by atoms with E-state index in [1.165, 1.54) is 5.48 Å². The lowest BCUT2D eigenvalue weighted by Crippen LogP contribution is -2.50. The first-order chi connectivity index (χ1) is 15.5. The summed E-state index contributed by atoms with van der Waals surface area (Å²) in [6, 6.07) is 12.2. The predicted molar refractivity (Wildman–Crippen MR) is 118 cm³/mol. The maximum absolute atomic E-state index is 12.2. The van der Waals surface area contributed by atoms with Gasteiger partial charge in [-0.25, -0.2) is 5.48 Å². The summed E-state index contributed by atoms with van der Waals surface area (Å²) in [6.45, 7) is 0.593. The molecule has 8 N–H and O–H groups in total. The van der Waals surface area contributed by atoms with Crippen LogP contribution in [0.15, 0.2) is 48.5 Å². The highest BCUT2D eigenvalue weighted by Gasteiger charge is 2.19. The molecule has 0 aromatic heterocycles. The van der Waals surface area contributed by atoms with Crippen molar-refractivity contribution in [2.45, 2.75) is 6.04 Å². The molecule has 32 heavy (non-hydrogen) atoms. The van der Waals surface area contributed by atoms with Gasteiger partial charge in [-0.1, -0.05) is 17.9 Å². The summed E-state index contributed by atoms with van der Waals surface area (Å²) >= 11 is 0. The molecule has 164 valence electrons. The van der Waals surface area contributed by atoms with E-state index in [-0.39, 0.29) is 12.5 Å². The number of carbonyl (C=O) groups is 3. The number of amides is 3. The predicted octanol–water partition coefficient (Wildman–Crippen LogP) is -0.659. The molecule has 2 aromatic rings. The number of hydroxylamine groups is 1. The Morgan fingerprint density at radius 1 is 0.906 bits per heavy atom. The van der Waals surface area contributed by atoms with Crippen molar-refractivity contribution in [2.24, 2.45) is 11.5 Å². The van der Waals surface area contributed by atoms with Crippen molar-refractivity contribution in [3.05, 3.63) is 70.8 Å². The Morgan fingerprint density at radius 2 is 1.59 bits per heavy atom. The van der Waals surface area contributed by atoms with E-state index >= 15 is 0 Å². The molecule has 9 nitrogen and oxygen atoms in total. The summed E-state index contributed by atoms with van der Waals surface area (Å²) < 4.78 is 0. The molecule has 0 saturated carbocycles. The van der Waals surface area contributed by atoms with Crippen molar-refractivity contribution in [1.29, 1.82) is 0 Å². The first-order valence-electron chi connectivity index (χ1n) is 9.63. The molecule has 0 aliphatic rings. The van der Waals surface area contributed by atoms with Crippen LogP contribution < -0.4 is 27.6 Å². The first-order valence-corrected chi connectivity index (χ1v) is 9.63. The number of benzene rings is 2. The van der Waals surface area contributed by atoms with Gasteiger partial charge < -0.3 is 22.1 Å². The minimum Gasteiger partial charge on any atom is -0.351 e. The third-order valence-electron chi connectivity index (χ3n) is 4.15. The van der Waals surface area contributed by atoms with Gasteiger partial charge in [0.1, 0.15) is 6.04 Å². The Kier molecular flexibility index (Phi) is 9.44. The highest BCUT2D eigenvalue weighted by atomic mass is 16.5. The largest absolute Gasteiger partial charge is 0.351 e. The number of hydrogen-bond donors (Lipinski definition) is 6. The van der Waals surface area contributed by atoms with E-state index in [2.05, 4.69) is 34.3 Å². The molecule has 0 aliphatic carbocycles. The molecule has 0 bridgehead atoms. The summed E-state index contributed by atoms with van der Waals surface area (Å²) in [5.41, 5.74) is 14.3. The van der Waals surface area contributed by atoms with Gasteiger partial charge in [-0.15, -0.1) is 0 Å². The molecule has 1 atom stereocenters. The summed E-state index contributed by atoms with van der Waals surface area (Å²) in [5, 5.41) is 13.8. The SMILES string of the molecule is NCCNC(=O)c1cccc(C#CC#Cc2ccc(C(=O)N[C@@H](CN)C(=O)NO)cc2)c1. The summed E-state index contributed by atoms with van der Waals surface area (Å²) in [5.74, 6) is 9.65. The van der Waals surface area contributed by atoms with Gasteiger partial charge in [-0.2, -0.15) is 0 Å². The second-order valence-electron chi connectivity index (χ2n) is 6.44. The van der Waals surface area contributed by atoms with Crippen LogP contribution in [0.25, 0.3) is 0 Å². The van der Waals surface area contributed by atoms with Crippen LogP contribution in [0.3, 0.4) is 0 Å². The van der Waals surface area contributed by atoms with Crippen molar-refractivity contribution in [3.63, 3.8) is 0 Å². The number of nitrogens with one attached hydrogen (secondary N) is 3. The van der Waals surface area contributed by atoms with Gasteiger partial charge in [0.15, 0.2) is 0 Å². The zero-order valence-corrected chi connectivity index (χ0v) is 17.1. The van der Waals surface area contributed by atoms with Gasteiger partial charge in [-0.3, -0.25) is 19.6 Å². The van der Waals surface area contributed by atoms with Crippen molar-refractivity contribution < 1.29 is 19.6 Å².